The summed E-state index contributed by atoms with van der Waals surface area (Å²) in [5, 5.41) is 16.8. The smallest absolute Gasteiger partial charge is 0.224 e. The van der Waals surface area contributed by atoms with Crippen LogP contribution < -0.4 is 22.4 Å². The van der Waals surface area contributed by atoms with Gasteiger partial charge >= 0.3 is 0 Å². The monoisotopic (exact) mass is 493 g/mol. The topological polar surface area (TPSA) is 168 Å². The van der Waals surface area contributed by atoms with E-state index < -0.39 is 11.5 Å². The van der Waals surface area contributed by atoms with Crippen LogP contribution >= 0.6 is 11.6 Å². The lowest BCUT2D eigenvalue weighted by atomic mass is 9.98. The lowest BCUT2D eigenvalue weighted by molar-refractivity contribution is 0.0701. The highest BCUT2D eigenvalue weighted by Crippen LogP contribution is 2.42. The first-order valence-corrected chi connectivity index (χ1v) is 10.9. The SMILES string of the molecule is N/N=C\N(N)c1ccc(Cl)cc1-c1cnc2c(c1)CCC2(O)c1ncc(-c2ccc(N)nc2F)[nH]1. The Morgan fingerprint density at radius 2 is 2.00 bits per heavy atom. The molecule has 12 heteroatoms. The van der Waals surface area contributed by atoms with Gasteiger partial charge in [0.15, 0.2) is 5.60 Å². The minimum Gasteiger partial charge on any atom is -0.384 e. The maximum absolute atomic E-state index is 14.3. The number of imidazole rings is 1. The maximum Gasteiger partial charge on any atom is 0.224 e. The number of halogens is 2. The van der Waals surface area contributed by atoms with E-state index >= 15 is 0 Å². The maximum atomic E-state index is 14.3. The molecule has 35 heavy (non-hydrogen) atoms. The minimum atomic E-state index is -1.47. The van der Waals surface area contributed by atoms with Crippen molar-refractivity contribution < 1.29 is 9.50 Å². The van der Waals surface area contributed by atoms with Gasteiger partial charge in [-0.3, -0.25) is 9.99 Å². The van der Waals surface area contributed by atoms with Gasteiger partial charge in [-0.2, -0.15) is 9.49 Å². The average molecular weight is 494 g/mol. The van der Waals surface area contributed by atoms with Gasteiger partial charge < -0.3 is 21.7 Å². The largest absolute Gasteiger partial charge is 0.384 e. The van der Waals surface area contributed by atoms with E-state index in [-0.39, 0.29) is 17.2 Å². The molecule has 0 saturated carbocycles. The van der Waals surface area contributed by atoms with Gasteiger partial charge in [0.25, 0.3) is 0 Å². The van der Waals surface area contributed by atoms with Crippen LogP contribution in [-0.2, 0) is 12.0 Å². The zero-order valence-electron chi connectivity index (χ0n) is 18.3. The Kier molecular flexibility index (Phi) is 5.59. The van der Waals surface area contributed by atoms with Gasteiger partial charge in [-0.05, 0) is 54.8 Å². The molecule has 0 saturated heterocycles. The van der Waals surface area contributed by atoms with Crippen LogP contribution in [0.25, 0.3) is 22.4 Å². The van der Waals surface area contributed by atoms with Gasteiger partial charge in [-0.25, -0.2) is 15.8 Å². The molecule has 8 N–H and O–H groups in total. The number of aromatic nitrogens is 4. The summed E-state index contributed by atoms with van der Waals surface area (Å²) in [6, 6.07) is 10.1. The number of nitrogen functional groups attached to an aromatic ring is 1. The lowest BCUT2D eigenvalue weighted by Crippen LogP contribution is -2.30. The van der Waals surface area contributed by atoms with Gasteiger partial charge in [-0.1, -0.05) is 11.6 Å². The number of H-pyrrole nitrogens is 1. The highest BCUT2D eigenvalue weighted by atomic mass is 35.5. The second kappa shape index (κ2) is 8.62. The highest BCUT2D eigenvalue weighted by Gasteiger charge is 2.42. The summed E-state index contributed by atoms with van der Waals surface area (Å²) in [5.74, 6) is 10.9. The van der Waals surface area contributed by atoms with Crippen LogP contribution in [0.3, 0.4) is 0 Å². The van der Waals surface area contributed by atoms with Crippen LogP contribution in [0.1, 0.15) is 23.5 Å². The average Bonchev–Trinajstić information content (AvgIpc) is 3.45. The fourth-order valence-corrected chi connectivity index (χ4v) is 4.47. The third kappa shape index (κ3) is 3.95. The molecule has 0 radical (unpaired) electrons. The Hall–Kier alpha value is -4.06. The first-order chi connectivity index (χ1) is 16.8. The van der Waals surface area contributed by atoms with E-state index in [1.54, 1.807) is 24.4 Å². The molecule has 3 heterocycles. The van der Waals surface area contributed by atoms with E-state index in [1.807, 2.05) is 6.07 Å². The predicted molar refractivity (Wildman–Crippen MR) is 132 cm³/mol. The normalized spacial score (nSPS) is 17.1. The van der Waals surface area contributed by atoms with Crippen molar-refractivity contribution in [3.63, 3.8) is 0 Å². The van der Waals surface area contributed by atoms with Crippen molar-refractivity contribution in [2.24, 2.45) is 16.8 Å². The number of aliphatic hydroxyl groups is 1. The van der Waals surface area contributed by atoms with Gasteiger partial charge in [-0.15, -0.1) is 0 Å². The van der Waals surface area contributed by atoms with Crippen LogP contribution in [0.5, 0.6) is 0 Å². The van der Waals surface area contributed by atoms with Crippen molar-refractivity contribution in [3.05, 3.63) is 76.8 Å². The van der Waals surface area contributed by atoms with Crippen LogP contribution in [0, 0.1) is 5.95 Å². The van der Waals surface area contributed by atoms with Crippen molar-refractivity contribution in [2.75, 3.05) is 10.7 Å². The van der Waals surface area contributed by atoms with E-state index in [2.05, 4.69) is 25.0 Å². The number of pyridine rings is 2. The van der Waals surface area contributed by atoms with Crippen LogP contribution in [-0.4, -0.2) is 31.4 Å². The number of nitrogens with two attached hydrogens (primary N) is 3. The molecule has 0 aliphatic heterocycles. The molecule has 0 spiro atoms. The number of rotatable bonds is 5. The predicted octanol–water partition coefficient (Wildman–Crippen LogP) is 2.67. The molecule has 0 bridgehead atoms. The third-order valence-electron chi connectivity index (χ3n) is 5.98. The van der Waals surface area contributed by atoms with Crippen molar-refractivity contribution in [3.8, 4) is 22.4 Å². The van der Waals surface area contributed by atoms with E-state index in [9.17, 15) is 9.50 Å². The number of fused-ring (bicyclic) bond motifs is 1. The van der Waals surface area contributed by atoms with Crippen LogP contribution in [0.2, 0.25) is 5.02 Å². The Bertz CT molecular complexity index is 1460. The standard InChI is InChI=1S/C23H21ClFN9O/c24-14-1-3-18(34(28)11-31-27)16(8-14)13-7-12-5-6-23(35,20(12)29-9-13)22-30-10-17(32-22)15-2-4-19(26)33-21(15)25/h1-4,7-11,35H,5-6,27-28H2,(H2,26,33)(H,30,32)/b31-11-. The number of hydrogen-bond donors (Lipinski definition) is 5. The number of benzene rings is 1. The van der Waals surface area contributed by atoms with Gasteiger partial charge in [0.1, 0.15) is 18.0 Å². The molecule has 1 unspecified atom stereocenters. The summed E-state index contributed by atoms with van der Waals surface area (Å²) < 4.78 is 14.3. The Balaban J connectivity index is 1.52. The molecule has 1 atom stereocenters. The number of anilines is 2. The molecule has 3 aromatic heterocycles. The number of hydrazine groups is 1. The van der Waals surface area contributed by atoms with Gasteiger partial charge in [0.05, 0.1) is 28.8 Å². The molecule has 5 rings (SSSR count). The second-order valence-corrected chi connectivity index (χ2v) is 8.58. The van der Waals surface area contributed by atoms with E-state index in [1.165, 1.54) is 29.7 Å². The van der Waals surface area contributed by atoms with Crippen molar-refractivity contribution >= 4 is 29.4 Å². The molecule has 1 aromatic carbocycles. The molecule has 1 aliphatic carbocycles. The minimum absolute atomic E-state index is 0.0743. The Labute approximate surface area is 204 Å². The van der Waals surface area contributed by atoms with Crippen molar-refractivity contribution in [1.29, 1.82) is 0 Å². The van der Waals surface area contributed by atoms with Crippen molar-refractivity contribution in [1.82, 2.24) is 19.9 Å². The number of nitrogens with one attached hydrogen (secondary N) is 1. The zero-order valence-corrected chi connectivity index (χ0v) is 19.0. The van der Waals surface area contributed by atoms with Crippen molar-refractivity contribution in [2.45, 2.75) is 18.4 Å². The zero-order chi connectivity index (χ0) is 24.7. The molecular weight excluding hydrogens is 473 g/mol. The Morgan fingerprint density at radius 3 is 2.77 bits per heavy atom. The first kappa shape index (κ1) is 22.7. The number of aryl methyl sites for hydroxylation is 1. The molecule has 178 valence electrons. The molecule has 10 nitrogen and oxygen atoms in total. The number of aromatic amines is 1. The summed E-state index contributed by atoms with van der Waals surface area (Å²) in [7, 11) is 0. The molecular formula is C23H21ClFN9O. The molecule has 1 aliphatic rings. The highest BCUT2D eigenvalue weighted by molar-refractivity contribution is 6.31. The molecule has 4 aromatic rings. The lowest BCUT2D eigenvalue weighted by Gasteiger charge is -2.21. The van der Waals surface area contributed by atoms with Crippen LogP contribution in [0.15, 0.2) is 53.9 Å². The van der Waals surface area contributed by atoms with E-state index in [0.29, 0.717) is 34.9 Å². The first-order valence-electron chi connectivity index (χ1n) is 10.6. The second-order valence-electron chi connectivity index (χ2n) is 8.15. The summed E-state index contributed by atoms with van der Waals surface area (Å²) in [6.45, 7) is 0. The molecule has 0 fully saturated rings. The number of nitrogens with zero attached hydrogens (tertiary/aromatic N) is 5. The van der Waals surface area contributed by atoms with Crippen LogP contribution in [0.4, 0.5) is 15.9 Å². The number of hydrazone groups is 1. The fraction of sp³-hybridized carbons (Fsp3) is 0.130. The summed E-state index contributed by atoms with van der Waals surface area (Å²) >= 11 is 6.24. The quantitative estimate of drug-likeness (QED) is 0.0928. The summed E-state index contributed by atoms with van der Waals surface area (Å²) in [5.41, 5.74) is 8.03. The Morgan fingerprint density at radius 1 is 1.17 bits per heavy atom. The molecule has 0 amide bonds. The fourth-order valence-electron chi connectivity index (χ4n) is 4.30. The van der Waals surface area contributed by atoms with Gasteiger partial charge in [0.2, 0.25) is 5.95 Å². The third-order valence-corrected chi connectivity index (χ3v) is 6.22. The van der Waals surface area contributed by atoms with E-state index in [4.69, 9.17) is 29.0 Å². The number of hydrogen-bond acceptors (Lipinski definition) is 8. The van der Waals surface area contributed by atoms with Gasteiger partial charge in [0, 0.05) is 22.3 Å². The van der Waals surface area contributed by atoms with E-state index in [0.717, 1.165) is 16.7 Å². The summed E-state index contributed by atoms with van der Waals surface area (Å²) in [4.78, 5) is 15.6. The summed E-state index contributed by atoms with van der Waals surface area (Å²) in [6.07, 6.45) is 5.25.